The molecule has 0 spiro atoms. The minimum atomic E-state index is -0.129. The maximum Gasteiger partial charge on any atom is 0.274 e. The first-order valence-corrected chi connectivity index (χ1v) is 5.86. The van der Waals surface area contributed by atoms with E-state index in [1.165, 1.54) is 12.4 Å². The lowest BCUT2D eigenvalue weighted by Gasteiger charge is -2.35. The standard InChI is InChI=1S/C11H14ClN3O2/c1-7-5-15(6-8(2)17-7)11(16)9-3-14-10(12)4-13-9/h3-4,7-8H,5-6H2,1-2H3/t7-,8+. The predicted octanol–water partition coefficient (Wildman–Crippen LogP) is 1.38. The van der Waals surface area contributed by atoms with Gasteiger partial charge < -0.3 is 9.64 Å². The molecule has 1 aliphatic heterocycles. The van der Waals surface area contributed by atoms with Gasteiger partial charge in [0.25, 0.3) is 5.91 Å². The second-order valence-corrected chi connectivity index (χ2v) is 4.58. The van der Waals surface area contributed by atoms with Gasteiger partial charge in [0.15, 0.2) is 0 Å². The van der Waals surface area contributed by atoms with Gasteiger partial charge in [-0.2, -0.15) is 0 Å². The Hall–Kier alpha value is -1.20. The highest BCUT2D eigenvalue weighted by Gasteiger charge is 2.27. The predicted molar refractivity (Wildman–Crippen MR) is 63.0 cm³/mol. The summed E-state index contributed by atoms with van der Waals surface area (Å²) in [5, 5.41) is 0.283. The van der Waals surface area contributed by atoms with Crippen LogP contribution in [0.15, 0.2) is 12.4 Å². The normalized spacial score (nSPS) is 24.8. The van der Waals surface area contributed by atoms with E-state index in [4.69, 9.17) is 16.3 Å². The van der Waals surface area contributed by atoms with Crippen molar-refractivity contribution in [2.45, 2.75) is 26.1 Å². The average molecular weight is 256 g/mol. The van der Waals surface area contributed by atoms with Gasteiger partial charge in [-0.3, -0.25) is 4.79 Å². The van der Waals surface area contributed by atoms with Crippen LogP contribution in [0.25, 0.3) is 0 Å². The van der Waals surface area contributed by atoms with Crippen LogP contribution in [0.5, 0.6) is 0 Å². The highest BCUT2D eigenvalue weighted by Crippen LogP contribution is 2.13. The van der Waals surface area contributed by atoms with E-state index < -0.39 is 0 Å². The lowest BCUT2D eigenvalue weighted by atomic mass is 10.2. The van der Waals surface area contributed by atoms with E-state index in [2.05, 4.69) is 9.97 Å². The molecule has 1 amide bonds. The van der Waals surface area contributed by atoms with E-state index in [9.17, 15) is 4.79 Å². The fraction of sp³-hybridized carbons (Fsp3) is 0.545. The summed E-state index contributed by atoms with van der Waals surface area (Å²) < 4.78 is 5.57. The fourth-order valence-corrected chi connectivity index (χ4v) is 2.03. The summed E-state index contributed by atoms with van der Waals surface area (Å²) >= 11 is 5.63. The summed E-state index contributed by atoms with van der Waals surface area (Å²) in [6.45, 7) is 5.05. The highest BCUT2D eigenvalue weighted by molar-refractivity contribution is 6.29. The van der Waals surface area contributed by atoms with E-state index in [1.54, 1.807) is 4.90 Å². The van der Waals surface area contributed by atoms with E-state index >= 15 is 0 Å². The van der Waals surface area contributed by atoms with Gasteiger partial charge in [-0.15, -0.1) is 0 Å². The number of carbonyl (C=O) groups excluding carboxylic acids is 1. The van der Waals surface area contributed by atoms with Crippen molar-refractivity contribution < 1.29 is 9.53 Å². The van der Waals surface area contributed by atoms with Crippen LogP contribution in [-0.4, -0.2) is 46.1 Å². The Morgan fingerprint density at radius 2 is 2.00 bits per heavy atom. The Bertz CT molecular complexity index is 400. The van der Waals surface area contributed by atoms with E-state index in [1.807, 2.05) is 13.8 Å². The molecule has 0 N–H and O–H groups in total. The number of hydrogen-bond donors (Lipinski definition) is 0. The second-order valence-electron chi connectivity index (χ2n) is 4.19. The Morgan fingerprint density at radius 3 is 2.53 bits per heavy atom. The molecule has 2 heterocycles. The molecular weight excluding hydrogens is 242 g/mol. The van der Waals surface area contributed by atoms with Crippen LogP contribution >= 0.6 is 11.6 Å². The number of morpholine rings is 1. The number of carbonyl (C=O) groups is 1. The van der Waals surface area contributed by atoms with Gasteiger partial charge >= 0.3 is 0 Å². The third-order valence-electron chi connectivity index (χ3n) is 2.55. The van der Waals surface area contributed by atoms with Crippen molar-refractivity contribution >= 4 is 17.5 Å². The SMILES string of the molecule is C[C@@H]1CN(C(=O)c2cnc(Cl)cn2)C[C@H](C)O1. The lowest BCUT2D eigenvalue weighted by Crippen LogP contribution is -2.48. The van der Waals surface area contributed by atoms with Gasteiger partial charge in [-0.25, -0.2) is 9.97 Å². The zero-order valence-electron chi connectivity index (χ0n) is 9.76. The number of rotatable bonds is 1. The largest absolute Gasteiger partial charge is 0.372 e. The molecule has 0 aromatic carbocycles. The molecule has 92 valence electrons. The Balaban J connectivity index is 2.11. The zero-order valence-corrected chi connectivity index (χ0v) is 10.5. The summed E-state index contributed by atoms with van der Waals surface area (Å²) in [6.07, 6.45) is 2.86. The van der Waals surface area contributed by atoms with E-state index in [-0.39, 0.29) is 23.3 Å². The van der Waals surface area contributed by atoms with Crippen LogP contribution in [0.2, 0.25) is 5.15 Å². The minimum absolute atomic E-state index is 0.0444. The number of nitrogens with zero attached hydrogens (tertiary/aromatic N) is 3. The first-order chi connectivity index (χ1) is 8.06. The van der Waals surface area contributed by atoms with Crippen molar-refractivity contribution in [2.75, 3.05) is 13.1 Å². The molecule has 0 bridgehead atoms. The van der Waals surface area contributed by atoms with Crippen LogP contribution in [0.3, 0.4) is 0 Å². The molecule has 0 saturated carbocycles. The maximum absolute atomic E-state index is 12.1. The monoisotopic (exact) mass is 255 g/mol. The highest BCUT2D eigenvalue weighted by atomic mass is 35.5. The number of hydrogen-bond acceptors (Lipinski definition) is 4. The molecule has 1 aromatic heterocycles. The van der Waals surface area contributed by atoms with Gasteiger partial charge in [0.2, 0.25) is 0 Å². The van der Waals surface area contributed by atoms with Crippen molar-refractivity contribution in [3.63, 3.8) is 0 Å². The minimum Gasteiger partial charge on any atom is -0.372 e. The molecule has 0 aliphatic carbocycles. The van der Waals surface area contributed by atoms with Crippen LogP contribution in [0, 0.1) is 0 Å². The van der Waals surface area contributed by atoms with Crippen molar-refractivity contribution in [1.82, 2.24) is 14.9 Å². The molecule has 17 heavy (non-hydrogen) atoms. The number of halogens is 1. The van der Waals surface area contributed by atoms with Crippen LogP contribution < -0.4 is 0 Å². The molecule has 1 aliphatic rings. The summed E-state index contributed by atoms with van der Waals surface area (Å²) in [5.74, 6) is -0.129. The van der Waals surface area contributed by atoms with Gasteiger partial charge in [-0.1, -0.05) is 11.6 Å². The quantitative estimate of drug-likeness (QED) is 0.761. The van der Waals surface area contributed by atoms with E-state index in [0.29, 0.717) is 18.8 Å². The van der Waals surface area contributed by atoms with Crippen molar-refractivity contribution in [3.05, 3.63) is 23.2 Å². The lowest BCUT2D eigenvalue weighted by molar-refractivity contribution is -0.0587. The average Bonchev–Trinajstić information content (AvgIpc) is 2.28. The molecule has 2 rings (SSSR count). The molecule has 5 nitrogen and oxygen atoms in total. The molecular formula is C11H14ClN3O2. The summed E-state index contributed by atoms with van der Waals surface area (Å²) in [4.78, 5) is 21.7. The molecule has 6 heteroatoms. The summed E-state index contributed by atoms with van der Waals surface area (Å²) in [5.41, 5.74) is 0.315. The summed E-state index contributed by atoms with van der Waals surface area (Å²) in [6, 6.07) is 0. The zero-order chi connectivity index (χ0) is 12.4. The second kappa shape index (κ2) is 4.98. The first-order valence-electron chi connectivity index (χ1n) is 5.48. The third kappa shape index (κ3) is 2.92. The molecule has 2 atom stereocenters. The first kappa shape index (κ1) is 12.3. The molecule has 1 fully saturated rings. The topological polar surface area (TPSA) is 55.3 Å². The molecule has 1 aromatic rings. The Morgan fingerprint density at radius 1 is 1.35 bits per heavy atom. The fourth-order valence-electron chi connectivity index (χ4n) is 1.93. The molecule has 1 saturated heterocycles. The number of ether oxygens (including phenoxy) is 1. The smallest absolute Gasteiger partial charge is 0.274 e. The number of amides is 1. The maximum atomic E-state index is 12.1. The van der Waals surface area contributed by atoms with Gasteiger partial charge in [-0.05, 0) is 13.8 Å². The van der Waals surface area contributed by atoms with Gasteiger partial charge in [0, 0.05) is 13.1 Å². The Kier molecular flexibility index (Phi) is 3.59. The van der Waals surface area contributed by atoms with Crippen molar-refractivity contribution in [2.24, 2.45) is 0 Å². The summed E-state index contributed by atoms with van der Waals surface area (Å²) in [7, 11) is 0. The van der Waals surface area contributed by atoms with Crippen LogP contribution in [-0.2, 0) is 4.74 Å². The van der Waals surface area contributed by atoms with Crippen LogP contribution in [0.1, 0.15) is 24.3 Å². The van der Waals surface area contributed by atoms with Crippen LogP contribution in [0.4, 0.5) is 0 Å². The molecule has 0 unspecified atom stereocenters. The van der Waals surface area contributed by atoms with E-state index in [0.717, 1.165) is 0 Å². The Labute approximate surface area is 105 Å². The van der Waals surface area contributed by atoms with Gasteiger partial charge in [0.1, 0.15) is 10.8 Å². The van der Waals surface area contributed by atoms with Crippen molar-refractivity contribution in [3.8, 4) is 0 Å². The number of aromatic nitrogens is 2. The third-order valence-corrected chi connectivity index (χ3v) is 2.74. The van der Waals surface area contributed by atoms with Gasteiger partial charge in [0.05, 0.1) is 24.6 Å². The van der Waals surface area contributed by atoms with Crippen molar-refractivity contribution in [1.29, 1.82) is 0 Å². The molecule has 0 radical (unpaired) electrons.